The Hall–Kier alpha value is -1.16. The van der Waals surface area contributed by atoms with Crippen molar-refractivity contribution in [3.8, 4) is 0 Å². The van der Waals surface area contributed by atoms with Gasteiger partial charge in [-0.3, -0.25) is 9.48 Å². The number of hydrogen-bond donors (Lipinski definition) is 1. The van der Waals surface area contributed by atoms with Crippen LogP contribution in [0.4, 0.5) is 0 Å². The van der Waals surface area contributed by atoms with Gasteiger partial charge in [-0.05, 0) is 104 Å². The summed E-state index contributed by atoms with van der Waals surface area (Å²) in [5.41, 5.74) is -0.116. The molecule has 10 atom stereocenters. The fourth-order valence-corrected chi connectivity index (χ4v) is 9.43. The minimum Gasteiger partial charge on any atom is -0.389 e. The summed E-state index contributed by atoms with van der Waals surface area (Å²) in [7, 11) is 0. The van der Waals surface area contributed by atoms with E-state index in [9.17, 15) is 9.90 Å². The van der Waals surface area contributed by atoms with Crippen molar-refractivity contribution in [1.29, 1.82) is 0 Å². The second-order valence-corrected chi connectivity index (χ2v) is 11.5. The van der Waals surface area contributed by atoms with Crippen LogP contribution in [-0.2, 0) is 11.3 Å². The first kappa shape index (κ1) is 18.6. The standard InChI is InChI=1S/C25H36N2O2/c1-15-23-19-5-4-18-16(17(19)9-11-25(15,23)29)8-10-24(2)20(18)6-7-21(24)22(28)14-27-13-3-12-26-27/h3,12-13,15-21,23,29H,4-11,14H2,1-2H3/t15-,16-,17-,18-,19-,20+,21-,23?,24+,25+/m1/s1. The molecule has 0 aromatic carbocycles. The van der Waals surface area contributed by atoms with Crippen LogP contribution < -0.4 is 0 Å². The molecule has 0 saturated heterocycles. The molecule has 1 aromatic heterocycles. The van der Waals surface area contributed by atoms with Crippen LogP contribution in [0.15, 0.2) is 18.5 Å². The van der Waals surface area contributed by atoms with Gasteiger partial charge in [-0.25, -0.2) is 0 Å². The van der Waals surface area contributed by atoms with E-state index in [0.29, 0.717) is 24.2 Å². The first-order valence-corrected chi connectivity index (χ1v) is 12.2. The van der Waals surface area contributed by atoms with Gasteiger partial charge in [0.15, 0.2) is 5.78 Å². The lowest BCUT2D eigenvalue weighted by atomic mass is 9.49. The Balaban J connectivity index is 1.21. The normalized spacial score (nSPS) is 52.8. The van der Waals surface area contributed by atoms with Crippen molar-refractivity contribution in [2.75, 3.05) is 0 Å². The summed E-state index contributed by atoms with van der Waals surface area (Å²) in [6.45, 7) is 5.17. The van der Waals surface area contributed by atoms with E-state index < -0.39 is 0 Å². The predicted octanol–water partition coefficient (Wildman–Crippen LogP) is 4.33. The van der Waals surface area contributed by atoms with Crippen LogP contribution in [0, 0.1) is 52.8 Å². The molecular formula is C25H36N2O2. The van der Waals surface area contributed by atoms with Gasteiger partial charge in [-0.15, -0.1) is 0 Å². The number of Topliss-reactive ketones (excluding diaryl/α,β-unsaturated/α-hetero) is 1. The van der Waals surface area contributed by atoms with Gasteiger partial charge in [-0.2, -0.15) is 5.10 Å². The van der Waals surface area contributed by atoms with E-state index in [2.05, 4.69) is 18.9 Å². The molecule has 0 spiro atoms. The molecule has 4 heteroatoms. The second-order valence-electron chi connectivity index (χ2n) is 11.5. The molecule has 1 aromatic rings. The zero-order valence-corrected chi connectivity index (χ0v) is 18.0. The number of aromatic nitrogens is 2. The Kier molecular flexibility index (Phi) is 3.96. The van der Waals surface area contributed by atoms with Gasteiger partial charge in [0, 0.05) is 18.3 Å². The maximum Gasteiger partial charge on any atom is 0.157 e. The Morgan fingerprint density at radius 1 is 1.07 bits per heavy atom. The summed E-state index contributed by atoms with van der Waals surface area (Å²) >= 11 is 0. The van der Waals surface area contributed by atoms with Crippen molar-refractivity contribution in [1.82, 2.24) is 9.78 Å². The average Bonchev–Trinajstić information content (AvgIpc) is 3.08. The molecule has 1 unspecified atom stereocenters. The number of ketones is 1. The van der Waals surface area contributed by atoms with Gasteiger partial charge in [-0.1, -0.05) is 13.8 Å². The molecule has 0 aliphatic heterocycles. The minimum atomic E-state index is -0.311. The van der Waals surface area contributed by atoms with Crippen molar-refractivity contribution < 1.29 is 9.90 Å². The third-order valence-corrected chi connectivity index (χ3v) is 10.8. The molecule has 0 radical (unpaired) electrons. The minimum absolute atomic E-state index is 0.195. The van der Waals surface area contributed by atoms with Crippen LogP contribution in [0.1, 0.15) is 65.2 Å². The van der Waals surface area contributed by atoms with E-state index in [1.165, 1.54) is 38.5 Å². The van der Waals surface area contributed by atoms with E-state index >= 15 is 0 Å². The molecule has 4 nitrogen and oxygen atoms in total. The van der Waals surface area contributed by atoms with Gasteiger partial charge in [0.2, 0.25) is 0 Å². The molecule has 1 N–H and O–H groups in total. The third-order valence-electron chi connectivity index (χ3n) is 10.8. The van der Waals surface area contributed by atoms with Crippen LogP contribution in [0.2, 0.25) is 0 Å². The van der Waals surface area contributed by atoms with Crippen LogP contribution in [-0.4, -0.2) is 26.3 Å². The lowest BCUT2D eigenvalue weighted by Crippen LogP contribution is -2.50. The van der Waals surface area contributed by atoms with E-state index in [1.807, 2.05) is 12.3 Å². The van der Waals surface area contributed by atoms with Crippen LogP contribution >= 0.6 is 0 Å². The smallest absolute Gasteiger partial charge is 0.157 e. The van der Waals surface area contributed by atoms with Gasteiger partial charge < -0.3 is 5.11 Å². The summed E-state index contributed by atoms with van der Waals surface area (Å²) in [6, 6.07) is 1.90. The highest BCUT2D eigenvalue weighted by Crippen LogP contribution is 2.70. The number of rotatable bonds is 3. The van der Waals surface area contributed by atoms with Crippen molar-refractivity contribution in [2.45, 2.75) is 77.4 Å². The highest BCUT2D eigenvalue weighted by atomic mass is 16.3. The highest BCUT2D eigenvalue weighted by molar-refractivity contribution is 5.82. The average molecular weight is 397 g/mol. The Morgan fingerprint density at radius 3 is 2.62 bits per heavy atom. The molecule has 5 aliphatic rings. The Morgan fingerprint density at radius 2 is 1.83 bits per heavy atom. The Bertz CT molecular complexity index is 806. The number of aliphatic hydroxyl groups is 1. The number of carbonyl (C=O) groups excluding carboxylic acids is 1. The summed E-state index contributed by atoms with van der Waals surface area (Å²) in [6.07, 6.45) is 13.5. The molecule has 0 bridgehead atoms. The number of carbonyl (C=O) groups is 1. The van der Waals surface area contributed by atoms with E-state index in [-0.39, 0.29) is 16.9 Å². The lowest BCUT2D eigenvalue weighted by Gasteiger charge is -2.56. The van der Waals surface area contributed by atoms with E-state index in [1.54, 1.807) is 10.9 Å². The summed E-state index contributed by atoms with van der Waals surface area (Å²) in [4.78, 5) is 13.2. The van der Waals surface area contributed by atoms with E-state index in [0.717, 1.165) is 42.4 Å². The molecule has 6 rings (SSSR count). The van der Waals surface area contributed by atoms with Crippen molar-refractivity contribution in [3.63, 3.8) is 0 Å². The number of nitrogens with zero attached hydrogens (tertiary/aromatic N) is 2. The van der Waals surface area contributed by atoms with Crippen LogP contribution in [0.5, 0.6) is 0 Å². The van der Waals surface area contributed by atoms with Gasteiger partial charge >= 0.3 is 0 Å². The molecular weight excluding hydrogens is 360 g/mol. The van der Waals surface area contributed by atoms with E-state index in [4.69, 9.17) is 0 Å². The Labute approximate surface area is 174 Å². The monoisotopic (exact) mass is 396 g/mol. The number of fused-ring (bicyclic) bond motifs is 7. The molecule has 29 heavy (non-hydrogen) atoms. The van der Waals surface area contributed by atoms with Crippen molar-refractivity contribution in [2.24, 2.45) is 52.8 Å². The van der Waals surface area contributed by atoms with Crippen molar-refractivity contribution in [3.05, 3.63) is 18.5 Å². The van der Waals surface area contributed by atoms with Crippen LogP contribution in [0.3, 0.4) is 0 Å². The summed E-state index contributed by atoms with van der Waals surface area (Å²) < 4.78 is 1.80. The third kappa shape index (κ3) is 2.47. The maximum atomic E-state index is 13.2. The molecule has 5 saturated carbocycles. The van der Waals surface area contributed by atoms with Gasteiger partial charge in [0.25, 0.3) is 0 Å². The molecule has 158 valence electrons. The summed E-state index contributed by atoms with van der Waals surface area (Å²) in [5.74, 6) is 5.74. The van der Waals surface area contributed by atoms with Crippen LogP contribution in [0.25, 0.3) is 0 Å². The molecule has 0 amide bonds. The maximum absolute atomic E-state index is 13.2. The zero-order chi connectivity index (χ0) is 20.0. The fourth-order valence-electron chi connectivity index (χ4n) is 9.43. The molecule has 1 heterocycles. The van der Waals surface area contributed by atoms with Gasteiger partial charge in [0.1, 0.15) is 0 Å². The zero-order valence-electron chi connectivity index (χ0n) is 18.0. The largest absolute Gasteiger partial charge is 0.389 e. The lowest BCUT2D eigenvalue weighted by molar-refractivity contribution is -0.131. The first-order chi connectivity index (χ1) is 13.9. The second kappa shape index (κ2) is 6.18. The van der Waals surface area contributed by atoms with Crippen molar-refractivity contribution >= 4 is 5.78 Å². The molecule has 5 fully saturated rings. The fraction of sp³-hybridized carbons (Fsp3) is 0.840. The quantitative estimate of drug-likeness (QED) is 0.827. The molecule has 5 aliphatic carbocycles. The predicted molar refractivity (Wildman–Crippen MR) is 111 cm³/mol. The highest BCUT2D eigenvalue weighted by Gasteiger charge is 2.69. The topological polar surface area (TPSA) is 55.1 Å². The first-order valence-electron chi connectivity index (χ1n) is 12.2. The summed E-state index contributed by atoms with van der Waals surface area (Å²) in [5, 5.41) is 15.2. The number of hydrogen-bond acceptors (Lipinski definition) is 3. The van der Waals surface area contributed by atoms with Gasteiger partial charge in [0.05, 0.1) is 12.1 Å². The SMILES string of the molecule is C[C@@H]1C2[C@@H]3CC[C@@H]4[C@H](CC[C@]5(C)[C@@H](C(=O)Cn6cccn6)CC[C@@H]45)[C@H]3CC[C@@]21O.